The molecule has 1 N–H and O–H groups in total. The summed E-state index contributed by atoms with van der Waals surface area (Å²) in [6, 6.07) is 0. The third-order valence-corrected chi connectivity index (χ3v) is 6.46. The third-order valence-electron chi connectivity index (χ3n) is 6.46. The average molecular weight is 316 g/mol. The second kappa shape index (κ2) is 5.91. The summed E-state index contributed by atoms with van der Waals surface area (Å²) in [5.41, 5.74) is 0.238. The lowest BCUT2D eigenvalue weighted by Gasteiger charge is -2.28. The van der Waals surface area contributed by atoms with E-state index in [0.717, 1.165) is 44.0 Å². The number of aryl methyl sites for hydroxylation is 1. The Bertz CT molecular complexity index is 569. The van der Waals surface area contributed by atoms with Crippen LogP contribution in [-0.4, -0.2) is 39.1 Å². The summed E-state index contributed by atoms with van der Waals surface area (Å²) in [5, 5.41) is 7.58. The van der Waals surface area contributed by atoms with E-state index in [1.807, 2.05) is 0 Å². The van der Waals surface area contributed by atoms with Gasteiger partial charge in [-0.1, -0.05) is 32.6 Å². The zero-order valence-corrected chi connectivity index (χ0v) is 14.2. The monoisotopic (exact) mass is 316 g/mol. The van der Waals surface area contributed by atoms with Crippen LogP contribution in [0.2, 0.25) is 0 Å². The van der Waals surface area contributed by atoms with E-state index in [1.165, 1.54) is 38.5 Å². The van der Waals surface area contributed by atoms with Gasteiger partial charge < -0.3 is 4.90 Å². The standard InChI is InChI=1S/C18H28N4O/c1-2-15-19-16(21-20-15)14-11-22(12-18(14)9-5-6-10-18)17(23)13-7-3-4-8-13/h13-14H,2-12H2,1H3,(H,19,20,21). The molecule has 0 radical (unpaired) electrons. The second-order valence-corrected chi connectivity index (χ2v) is 7.82. The van der Waals surface area contributed by atoms with E-state index >= 15 is 0 Å². The summed E-state index contributed by atoms with van der Waals surface area (Å²) in [6.45, 7) is 3.86. The third kappa shape index (κ3) is 2.58. The Labute approximate surface area is 138 Å². The van der Waals surface area contributed by atoms with Crippen LogP contribution >= 0.6 is 0 Å². The zero-order valence-electron chi connectivity index (χ0n) is 14.2. The molecular formula is C18H28N4O. The quantitative estimate of drug-likeness (QED) is 0.932. The first kappa shape index (κ1) is 15.2. The molecule has 1 unspecified atom stereocenters. The normalized spacial score (nSPS) is 27.3. The molecule has 3 aliphatic rings. The fourth-order valence-electron chi connectivity index (χ4n) is 5.13. The van der Waals surface area contributed by atoms with Crippen LogP contribution in [0, 0.1) is 11.3 Å². The van der Waals surface area contributed by atoms with Crippen molar-refractivity contribution in [2.24, 2.45) is 11.3 Å². The van der Waals surface area contributed by atoms with Crippen LogP contribution in [0.4, 0.5) is 0 Å². The molecule has 1 aliphatic heterocycles. The smallest absolute Gasteiger partial charge is 0.225 e. The number of carbonyl (C=O) groups excluding carboxylic acids is 1. The molecule has 23 heavy (non-hydrogen) atoms. The van der Waals surface area contributed by atoms with E-state index in [4.69, 9.17) is 4.98 Å². The number of H-pyrrole nitrogens is 1. The first-order valence-electron chi connectivity index (χ1n) is 9.42. The van der Waals surface area contributed by atoms with Crippen molar-refractivity contribution in [3.8, 4) is 0 Å². The minimum absolute atomic E-state index is 0.238. The van der Waals surface area contributed by atoms with Gasteiger partial charge in [0, 0.05) is 31.3 Å². The molecule has 2 saturated carbocycles. The van der Waals surface area contributed by atoms with Crippen LogP contribution in [-0.2, 0) is 11.2 Å². The largest absolute Gasteiger partial charge is 0.341 e. The highest BCUT2D eigenvalue weighted by Crippen LogP contribution is 2.53. The van der Waals surface area contributed by atoms with Gasteiger partial charge in [-0.2, -0.15) is 5.10 Å². The molecule has 2 heterocycles. The Hall–Kier alpha value is -1.39. The Kier molecular flexibility index (Phi) is 3.90. The van der Waals surface area contributed by atoms with Crippen molar-refractivity contribution in [3.05, 3.63) is 11.6 Å². The van der Waals surface area contributed by atoms with Crippen LogP contribution in [0.15, 0.2) is 0 Å². The number of hydrogen-bond donors (Lipinski definition) is 1. The summed E-state index contributed by atoms with van der Waals surface area (Å²) < 4.78 is 0. The van der Waals surface area contributed by atoms with Crippen molar-refractivity contribution >= 4 is 5.91 Å². The molecule has 3 fully saturated rings. The summed E-state index contributed by atoms with van der Waals surface area (Å²) in [7, 11) is 0. The number of hydrogen-bond acceptors (Lipinski definition) is 3. The van der Waals surface area contributed by atoms with Crippen molar-refractivity contribution < 1.29 is 4.79 Å². The van der Waals surface area contributed by atoms with Gasteiger partial charge in [0.05, 0.1) is 0 Å². The number of amides is 1. The average Bonchev–Trinajstić information content (AvgIpc) is 3.36. The number of nitrogens with one attached hydrogen (secondary N) is 1. The summed E-state index contributed by atoms with van der Waals surface area (Å²) in [6.07, 6.45) is 10.5. The molecule has 1 amide bonds. The van der Waals surface area contributed by atoms with Crippen LogP contribution in [0.25, 0.3) is 0 Å². The number of nitrogens with zero attached hydrogens (tertiary/aromatic N) is 3. The molecule has 0 bridgehead atoms. The zero-order chi connectivity index (χ0) is 15.9. The number of aromatic amines is 1. The summed E-state index contributed by atoms with van der Waals surface area (Å²) >= 11 is 0. The van der Waals surface area contributed by atoms with Gasteiger partial charge in [-0.15, -0.1) is 0 Å². The minimum atomic E-state index is 0.238. The van der Waals surface area contributed by atoms with Gasteiger partial charge in [0.2, 0.25) is 5.91 Å². The van der Waals surface area contributed by atoms with Gasteiger partial charge in [0.1, 0.15) is 5.82 Å². The first-order valence-corrected chi connectivity index (χ1v) is 9.42. The van der Waals surface area contributed by atoms with E-state index in [0.29, 0.717) is 11.8 Å². The minimum Gasteiger partial charge on any atom is -0.341 e. The first-order chi connectivity index (χ1) is 11.2. The molecule has 5 nitrogen and oxygen atoms in total. The predicted octanol–water partition coefficient (Wildman–Crippen LogP) is 3.04. The molecule has 1 spiro atoms. The fourth-order valence-corrected chi connectivity index (χ4v) is 5.13. The summed E-state index contributed by atoms with van der Waals surface area (Å²) in [5.74, 6) is 2.93. The van der Waals surface area contributed by atoms with Crippen molar-refractivity contribution in [2.75, 3.05) is 13.1 Å². The van der Waals surface area contributed by atoms with Crippen molar-refractivity contribution in [2.45, 2.75) is 70.6 Å². The number of aromatic nitrogens is 3. The predicted molar refractivity (Wildman–Crippen MR) is 87.9 cm³/mol. The van der Waals surface area contributed by atoms with Crippen LogP contribution in [0.1, 0.15) is 75.9 Å². The molecule has 1 aromatic rings. The molecule has 0 aromatic carbocycles. The van der Waals surface area contributed by atoms with E-state index in [9.17, 15) is 4.79 Å². The molecule has 126 valence electrons. The van der Waals surface area contributed by atoms with Crippen LogP contribution < -0.4 is 0 Å². The Morgan fingerprint density at radius 3 is 2.65 bits per heavy atom. The Balaban J connectivity index is 1.57. The number of likely N-dealkylation sites (tertiary alicyclic amines) is 1. The van der Waals surface area contributed by atoms with Gasteiger partial charge in [0.25, 0.3) is 0 Å². The van der Waals surface area contributed by atoms with Gasteiger partial charge in [0.15, 0.2) is 5.82 Å². The maximum Gasteiger partial charge on any atom is 0.225 e. The van der Waals surface area contributed by atoms with E-state index < -0.39 is 0 Å². The molecule has 5 heteroatoms. The molecule has 4 rings (SSSR count). The van der Waals surface area contributed by atoms with Crippen LogP contribution in [0.3, 0.4) is 0 Å². The molecule has 2 aliphatic carbocycles. The van der Waals surface area contributed by atoms with Crippen molar-refractivity contribution in [1.82, 2.24) is 20.1 Å². The maximum atomic E-state index is 12.9. The fraction of sp³-hybridized carbons (Fsp3) is 0.833. The lowest BCUT2D eigenvalue weighted by atomic mass is 9.76. The van der Waals surface area contributed by atoms with Crippen molar-refractivity contribution in [1.29, 1.82) is 0 Å². The van der Waals surface area contributed by atoms with E-state index in [1.54, 1.807) is 0 Å². The Morgan fingerprint density at radius 1 is 1.26 bits per heavy atom. The SMILES string of the molecule is CCc1nc(C2CN(C(=O)C3CCCC3)CC23CCCC3)n[nH]1. The van der Waals surface area contributed by atoms with Gasteiger partial charge >= 0.3 is 0 Å². The van der Waals surface area contributed by atoms with Gasteiger partial charge in [-0.25, -0.2) is 4.98 Å². The van der Waals surface area contributed by atoms with E-state index in [-0.39, 0.29) is 11.3 Å². The molecule has 1 saturated heterocycles. The maximum absolute atomic E-state index is 12.9. The van der Waals surface area contributed by atoms with Crippen LogP contribution in [0.5, 0.6) is 0 Å². The topological polar surface area (TPSA) is 61.9 Å². The lowest BCUT2D eigenvalue weighted by Crippen LogP contribution is -2.35. The highest BCUT2D eigenvalue weighted by Gasteiger charge is 2.52. The number of carbonyl (C=O) groups is 1. The molecule has 1 atom stereocenters. The highest BCUT2D eigenvalue weighted by molar-refractivity contribution is 5.79. The second-order valence-electron chi connectivity index (χ2n) is 7.82. The Morgan fingerprint density at radius 2 is 2.00 bits per heavy atom. The molecular weight excluding hydrogens is 288 g/mol. The summed E-state index contributed by atoms with van der Waals surface area (Å²) in [4.78, 5) is 19.8. The lowest BCUT2D eigenvalue weighted by molar-refractivity contribution is -0.134. The number of rotatable bonds is 3. The van der Waals surface area contributed by atoms with Gasteiger partial charge in [-0.05, 0) is 31.1 Å². The van der Waals surface area contributed by atoms with Crippen molar-refractivity contribution in [3.63, 3.8) is 0 Å². The van der Waals surface area contributed by atoms with E-state index in [2.05, 4.69) is 22.0 Å². The van der Waals surface area contributed by atoms with Gasteiger partial charge in [-0.3, -0.25) is 9.89 Å². The highest BCUT2D eigenvalue weighted by atomic mass is 16.2. The molecule has 1 aromatic heterocycles.